The molecule has 4 heteroatoms. The van der Waals surface area contributed by atoms with E-state index in [4.69, 9.17) is 10.00 Å². The Balaban J connectivity index is 2.58. The van der Waals surface area contributed by atoms with E-state index >= 15 is 0 Å². The van der Waals surface area contributed by atoms with Gasteiger partial charge in [-0.1, -0.05) is 28.1 Å². The van der Waals surface area contributed by atoms with Gasteiger partial charge in [-0.3, -0.25) is 4.79 Å². The highest BCUT2D eigenvalue weighted by Gasteiger charge is 2.46. The molecule has 2 rings (SSSR count). The van der Waals surface area contributed by atoms with Crippen LogP contribution < -0.4 is 0 Å². The molecule has 1 aromatic rings. The monoisotopic (exact) mass is 293 g/mol. The van der Waals surface area contributed by atoms with Gasteiger partial charge in [0.15, 0.2) is 0 Å². The van der Waals surface area contributed by atoms with E-state index in [1.807, 2.05) is 18.2 Å². The summed E-state index contributed by atoms with van der Waals surface area (Å²) in [5, 5.41) is 8.96. The molecule has 0 aromatic heterocycles. The van der Waals surface area contributed by atoms with Crippen molar-refractivity contribution in [1.82, 2.24) is 0 Å². The van der Waals surface area contributed by atoms with Crippen LogP contribution in [-0.2, 0) is 21.4 Å². The lowest BCUT2D eigenvalue weighted by Gasteiger charge is -2.24. The van der Waals surface area contributed by atoms with Crippen molar-refractivity contribution in [2.75, 3.05) is 7.11 Å². The van der Waals surface area contributed by atoms with Crippen molar-refractivity contribution in [3.8, 4) is 6.07 Å². The van der Waals surface area contributed by atoms with E-state index in [0.717, 1.165) is 22.0 Å². The van der Waals surface area contributed by atoms with E-state index < -0.39 is 5.41 Å². The maximum Gasteiger partial charge on any atom is 0.317 e. The number of hydrogen-bond donors (Lipinski definition) is 0. The van der Waals surface area contributed by atoms with Gasteiger partial charge in [-0.15, -0.1) is 0 Å². The summed E-state index contributed by atoms with van der Waals surface area (Å²) in [5.74, 6) is -0.309. The molecule has 0 N–H and O–H groups in total. The van der Waals surface area contributed by atoms with Crippen molar-refractivity contribution < 1.29 is 9.53 Å². The Hall–Kier alpha value is -1.34. The van der Waals surface area contributed by atoms with E-state index in [-0.39, 0.29) is 12.4 Å². The molecule has 1 atom stereocenters. The highest BCUT2D eigenvalue weighted by atomic mass is 79.9. The third kappa shape index (κ3) is 1.75. The van der Waals surface area contributed by atoms with Gasteiger partial charge in [0.2, 0.25) is 0 Å². The zero-order chi connectivity index (χ0) is 12.5. The topological polar surface area (TPSA) is 50.1 Å². The number of nitriles is 1. The number of halogens is 1. The summed E-state index contributed by atoms with van der Waals surface area (Å²) in [5.41, 5.74) is 1.27. The fourth-order valence-electron chi connectivity index (χ4n) is 2.53. The molecule has 0 radical (unpaired) electrons. The average Bonchev–Trinajstić information content (AvgIpc) is 2.71. The number of benzene rings is 1. The molecule has 0 saturated heterocycles. The van der Waals surface area contributed by atoms with Gasteiger partial charge in [0, 0.05) is 4.47 Å². The summed E-state index contributed by atoms with van der Waals surface area (Å²) in [4.78, 5) is 12.0. The predicted molar refractivity (Wildman–Crippen MR) is 66.4 cm³/mol. The second-order valence-corrected chi connectivity index (χ2v) is 5.03. The van der Waals surface area contributed by atoms with Crippen LogP contribution in [0, 0.1) is 11.3 Å². The number of hydrogen-bond acceptors (Lipinski definition) is 3. The van der Waals surface area contributed by atoms with Crippen molar-refractivity contribution in [1.29, 1.82) is 5.26 Å². The van der Waals surface area contributed by atoms with Crippen molar-refractivity contribution in [3.05, 3.63) is 33.8 Å². The summed E-state index contributed by atoms with van der Waals surface area (Å²) in [6, 6.07) is 7.88. The molecule has 1 aliphatic carbocycles. The first-order valence-corrected chi connectivity index (χ1v) is 6.18. The van der Waals surface area contributed by atoms with E-state index in [9.17, 15) is 4.79 Å². The second-order valence-electron chi connectivity index (χ2n) is 4.17. The molecule has 1 aliphatic rings. The third-order valence-electron chi connectivity index (χ3n) is 3.39. The number of esters is 1. The smallest absolute Gasteiger partial charge is 0.317 e. The molecule has 1 unspecified atom stereocenters. The van der Waals surface area contributed by atoms with Crippen LogP contribution in [0.2, 0.25) is 0 Å². The first kappa shape index (κ1) is 12.1. The van der Waals surface area contributed by atoms with Gasteiger partial charge in [0.05, 0.1) is 19.6 Å². The van der Waals surface area contributed by atoms with Crippen LogP contribution in [0.1, 0.15) is 24.0 Å². The van der Waals surface area contributed by atoms with E-state index in [1.165, 1.54) is 7.11 Å². The summed E-state index contributed by atoms with van der Waals surface area (Å²) >= 11 is 3.49. The Morgan fingerprint density at radius 2 is 2.41 bits per heavy atom. The summed E-state index contributed by atoms with van der Waals surface area (Å²) in [6.45, 7) is 0. The minimum atomic E-state index is -0.775. The Labute approximate surface area is 109 Å². The molecule has 1 aromatic carbocycles. The molecular weight excluding hydrogens is 282 g/mol. The lowest BCUT2D eigenvalue weighted by atomic mass is 9.79. The molecule has 0 saturated carbocycles. The van der Waals surface area contributed by atoms with Crippen molar-refractivity contribution in [2.24, 2.45) is 0 Å². The van der Waals surface area contributed by atoms with E-state index in [0.29, 0.717) is 6.42 Å². The summed E-state index contributed by atoms with van der Waals surface area (Å²) in [7, 11) is 1.37. The molecule has 88 valence electrons. The molecule has 17 heavy (non-hydrogen) atoms. The number of carbonyl (C=O) groups excluding carboxylic acids is 1. The third-order valence-corrected chi connectivity index (χ3v) is 4.14. The molecule has 0 aliphatic heterocycles. The van der Waals surface area contributed by atoms with Gasteiger partial charge < -0.3 is 4.74 Å². The number of methoxy groups -OCH3 is 1. The van der Waals surface area contributed by atoms with Gasteiger partial charge in [-0.2, -0.15) is 5.26 Å². The number of ether oxygens (including phenoxy) is 1. The lowest BCUT2D eigenvalue weighted by molar-refractivity contribution is -0.147. The maximum atomic E-state index is 12.0. The Morgan fingerprint density at radius 3 is 3.06 bits per heavy atom. The molecule has 0 bridgehead atoms. The number of rotatable bonds is 2. The molecular formula is C13H12BrNO2. The van der Waals surface area contributed by atoms with Crippen LogP contribution in [0.4, 0.5) is 0 Å². The van der Waals surface area contributed by atoms with Crippen molar-refractivity contribution in [3.63, 3.8) is 0 Å². The van der Waals surface area contributed by atoms with Crippen LogP contribution in [0.5, 0.6) is 0 Å². The largest absolute Gasteiger partial charge is 0.468 e. The lowest BCUT2D eigenvalue weighted by Crippen LogP contribution is -2.34. The van der Waals surface area contributed by atoms with Crippen LogP contribution in [-0.4, -0.2) is 13.1 Å². The van der Waals surface area contributed by atoms with Crippen LogP contribution in [0.3, 0.4) is 0 Å². The quantitative estimate of drug-likeness (QED) is 0.788. The zero-order valence-electron chi connectivity index (χ0n) is 9.50. The van der Waals surface area contributed by atoms with Crippen LogP contribution in [0.15, 0.2) is 22.7 Å². The Bertz CT molecular complexity index is 507. The number of nitrogens with zero attached hydrogens (tertiary/aromatic N) is 1. The summed E-state index contributed by atoms with van der Waals surface area (Å²) < 4.78 is 5.88. The number of carbonyl (C=O) groups is 1. The first-order chi connectivity index (χ1) is 8.15. The van der Waals surface area contributed by atoms with Crippen LogP contribution >= 0.6 is 15.9 Å². The van der Waals surface area contributed by atoms with Gasteiger partial charge in [-0.05, 0) is 30.0 Å². The fourth-order valence-corrected chi connectivity index (χ4v) is 3.10. The van der Waals surface area contributed by atoms with Gasteiger partial charge in [0.25, 0.3) is 0 Å². The van der Waals surface area contributed by atoms with Gasteiger partial charge in [0.1, 0.15) is 5.41 Å². The fraction of sp³-hybridized carbons (Fsp3) is 0.385. The van der Waals surface area contributed by atoms with Crippen molar-refractivity contribution in [2.45, 2.75) is 24.7 Å². The molecule has 0 spiro atoms. The zero-order valence-corrected chi connectivity index (χ0v) is 11.1. The Kier molecular flexibility index (Phi) is 3.21. The molecule has 3 nitrogen and oxygen atoms in total. The first-order valence-electron chi connectivity index (χ1n) is 5.39. The van der Waals surface area contributed by atoms with Crippen LogP contribution in [0.25, 0.3) is 0 Å². The minimum Gasteiger partial charge on any atom is -0.468 e. The van der Waals surface area contributed by atoms with E-state index in [2.05, 4.69) is 22.0 Å². The average molecular weight is 294 g/mol. The van der Waals surface area contributed by atoms with Crippen molar-refractivity contribution >= 4 is 21.9 Å². The molecule has 0 fully saturated rings. The minimum absolute atomic E-state index is 0.170. The Morgan fingerprint density at radius 1 is 1.65 bits per heavy atom. The predicted octanol–water partition coefficient (Wildman–Crippen LogP) is 2.72. The van der Waals surface area contributed by atoms with Gasteiger partial charge in [-0.25, -0.2) is 0 Å². The highest BCUT2D eigenvalue weighted by molar-refractivity contribution is 9.10. The second kappa shape index (κ2) is 4.50. The van der Waals surface area contributed by atoms with Gasteiger partial charge >= 0.3 is 5.97 Å². The molecule has 0 heterocycles. The molecule has 0 amide bonds. The SMILES string of the molecule is COC(=O)C1(CC#N)CCc2c(Br)cccc21. The van der Waals surface area contributed by atoms with E-state index in [1.54, 1.807) is 0 Å². The highest BCUT2D eigenvalue weighted by Crippen LogP contribution is 2.44. The number of fused-ring (bicyclic) bond motifs is 1. The normalized spacial score (nSPS) is 21.7. The maximum absolute atomic E-state index is 12.0. The standard InChI is InChI=1S/C13H12BrNO2/c1-17-12(16)13(7-8-15)6-5-9-10(13)3-2-4-11(9)14/h2-4H,5-7H2,1H3. The summed E-state index contributed by atoms with van der Waals surface area (Å²) in [6.07, 6.45) is 1.61.